The molecule has 0 saturated heterocycles. The summed E-state index contributed by atoms with van der Waals surface area (Å²) < 4.78 is 45.1. The van der Waals surface area contributed by atoms with Gasteiger partial charge in [0.05, 0.1) is 5.92 Å². The van der Waals surface area contributed by atoms with Crippen molar-refractivity contribution in [1.29, 1.82) is 0 Å². The van der Waals surface area contributed by atoms with Gasteiger partial charge in [0.1, 0.15) is 5.60 Å². The Labute approximate surface area is 120 Å². The van der Waals surface area contributed by atoms with Crippen LogP contribution in [0, 0.1) is 5.92 Å². The van der Waals surface area contributed by atoms with Crippen molar-refractivity contribution in [2.45, 2.75) is 64.0 Å². The number of hydrogen-bond donors (Lipinski definition) is 1. The second-order valence-corrected chi connectivity index (χ2v) is 6.41. The van der Waals surface area contributed by atoms with Gasteiger partial charge in [0.25, 0.3) is 5.72 Å². The van der Waals surface area contributed by atoms with Gasteiger partial charge in [0, 0.05) is 5.71 Å². The molecule has 1 N–H and O–H groups in total. The lowest BCUT2D eigenvalue weighted by molar-refractivity contribution is -0.316. The molecule has 0 aromatic rings. The number of carbonyl (C=O) groups is 1. The van der Waals surface area contributed by atoms with Gasteiger partial charge in [-0.15, -0.1) is 0 Å². The molecule has 5 nitrogen and oxygen atoms in total. The van der Waals surface area contributed by atoms with E-state index in [-0.39, 0.29) is 17.1 Å². The third-order valence-corrected chi connectivity index (χ3v) is 3.60. The third kappa shape index (κ3) is 2.73. The summed E-state index contributed by atoms with van der Waals surface area (Å²) >= 11 is 0. The zero-order chi connectivity index (χ0) is 16.1. The summed E-state index contributed by atoms with van der Waals surface area (Å²) in [7, 11) is 0. The van der Waals surface area contributed by atoms with Crippen LogP contribution in [0.3, 0.4) is 0 Å². The van der Waals surface area contributed by atoms with E-state index in [1.54, 1.807) is 0 Å². The van der Waals surface area contributed by atoms with Crippen molar-refractivity contribution in [2.24, 2.45) is 11.0 Å². The predicted molar refractivity (Wildman–Crippen MR) is 68.5 cm³/mol. The average molecular weight is 308 g/mol. The van der Waals surface area contributed by atoms with Crippen LogP contribution in [0.1, 0.15) is 46.5 Å². The largest absolute Gasteiger partial charge is 0.442 e. The minimum Gasteiger partial charge on any atom is -0.442 e. The highest BCUT2D eigenvalue weighted by molar-refractivity contribution is 5.92. The number of amides is 1. The van der Waals surface area contributed by atoms with Gasteiger partial charge in [-0.25, -0.2) is 4.79 Å². The molecule has 1 heterocycles. The molecule has 1 aliphatic heterocycles. The molecule has 1 aliphatic carbocycles. The second-order valence-electron chi connectivity index (χ2n) is 6.41. The van der Waals surface area contributed by atoms with Crippen molar-refractivity contribution < 1.29 is 27.8 Å². The fourth-order valence-electron chi connectivity index (χ4n) is 2.70. The highest BCUT2D eigenvalue weighted by Gasteiger charge is 2.69. The van der Waals surface area contributed by atoms with E-state index in [2.05, 4.69) is 5.10 Å². The summed E-state index contributed by atoms with van der Waals surface area (Å²) in [6, 6.07) is 0. The monoisotopic (exact) mass is 308 g/mol. The first-order valence-corrected chi connectivity index (χ1v) is 6.86. The number of carbonyl (C=O) groups excluding carboxylic acids is 1. The number of halogens is 3. The van der Waals surface area contributed by atoms with E-state index in [0.29, 0.717) is 19.3 Å². The quantitative estimate of drug-likeness (QED) is 0.748. The molecule has 8 heteroatoms. The van der Waals surface area contributed by atoms with Gasteiger partial charge in [-0.2, -0.15) is 23.3 Å². The van der Waals surface area contributed by atoms with E-state index in [4.69, 9.17) is 4.74 Å². The maximum atomic E-state index is 13.4. The molecule has 0 aromatic heterocycles. The van der Waals surface area contributed by atoms with Crippen LogP contribution < -0.4 is 0 Å². The Bertz CT molecular complexity index is 470. The first-order chi connectivity index (χ1) is 9.47. The molecule has 1 fully saturated rings. The number of rotatable bonds is 0. The van der Waals surface area contributed by atoms with Gasteiger partial charge in [-0.05, 0) is 40.0 Å². The van der Waals surface area contributed by atoms with Gasteiger partial charge in [0.2, 0.25) is 0 Å². The first kappa shape index (κ1) is 16.1. The van der Waals surface area contributed by atoms with Crippen LogP contribution in [-0.2, 0) is 4.74 Å². The minimum absolute atomic E-state index is 0.0730. The lowest BCUT2D eigenvalue weighted by Gasteiger charge is -2.38. The van der Waals surface area contributed by atoms with Crippen molar-refractivity contribution in [3.63, 3.8) is 0 Å². The van der Waals surface area contributed by atoms with Crippen LogP contribution >= 0.6 is 0 Å². The van der Waals surface area contributed by atoms with E-state index in [9.17, 15) is 23.1 Å². The van der Waals surface area contributed by atoms with Gasteiger partial charge in [-0.1, -0.05) is 6.42 Å². The summed E-state index contributed by atoms with van der Waals surface area (Å²) in [6.45, 7) is 4.61. The Balaban J connectivity index is 2.37. The Kier molecular flexibility index (Phi) is 3.72. The molecule has 0 aromatic carbocycles. The molecule has 120 valence electrons. The van der Waals surface area contributed by atoms with E-state index in [1.807, 2.05) is 0 Å². The predicted octanol–water partition coefficient (Wildman–Crippen LogP) is 3.03. The molecular weight excluding hydrogens is 289 g/mol. The molecule has 2 rings (SSSR count). The number of ether oxygens (including phenoxy) is 1. The summed E-state index contributed by atoms with van der Waals surface area (Å²) in [6.07, 6.45) is -4.53. The number of aliphatic hydroxyl groups is 1. The smallest absolute Gasteiger partial charge is 0.439 e. The number of alkyl halides is 3. The molecule has 0 spiro atoms. The van der Waals surface area contributed by atoms with Crippen LogP contribution in [0.4, 0.5) is 18.0 Å². The molecule has 0 bridgehead atoms. The zero-order valence-electron chi connectivity index (χ0n) is 12.2. The molecular formula is C13H19F3N2O3. The second kappa shape index (κ2) is 4.86. The van der Waals surface area contributed by atoms with Gasteiger partial charge in [0.15, 0.2) is 0 Å². The van der Waals surface area contributed by atoms with Crippen LogP contribution in [0.5, 0.6) is 0 Å². The lowest BCUT2D eigenvalue weighted by atomic mass is 9.80. The maximum absolute atomic E-state index is 13.4. The van der Waals surface area contributed by atoms with E-state index in [1.165, 1.54) is 20.8 Å². The van der Waals surface area contributed by atoms with Gasteiger partial charge >= 0.3 is 12.3 Å². The Morgan fingerprint density at radius 1 is 1.38 bits per heavy atom. The highest BCUT2D eigenvalue weighted by Crippen LogP contribution is 2.48. The van der Waals surface area contributed by atoms with E-state index in [0.717, 1.165) is 0 Å². The van der Waals surface area contributed by atoms with Crippen molar-refractivity contribution in [1.82, 2.24) is 5.01 Å². The van der Waals surface area contributed by atoms with Crippen molar-refractivity contribution in [3.05, 3.63) is 0 Å². The summed E-state index contributed by atoms with van der Waals surface area (Å²) in [5.41, 5.74) is -4.07. The van der Waals surface area contributed by atoms with E-state index < -0.39 is 29.5 Å². The van der Waals surface area contributed by atoms with E-state index >= 15 is 0 Å². The molecule has 1 saturated carbocycles. The number of nitrogens with zero attached hydrogens (tertiary/aromatic N) is 2. The van der Waals surface area contributed by atoms with Crippen LogP contribution in [-0.4, -0.2) is 39.4 Å². The molecule has 1 amide bonds. The van der Waals surface area contributed by atoms with Gasteiger partial charge < -0.3 is 9.84 Å². The Morgan fingerprint density at radius 2 is 2.00 bits per heavy atom. The fourth-order valence-corrected chi connectivity index (χ4v) is 2.70. The molecule has 0 radical (unpaired) electrons. The molecule has 2 atom stereocenters. The summed E-state index contributed by atoms with van der Waals surface area (Å²) in [5, 5.41) is 14.0. The fraction of sp³-hybridized carbons (Fsp3) is 0.846. The SMILES string of the molecule is CC(C)(C)OC(=O)N1N=C2CCCC[C@H]2[C@@]1(O)C(F)(F)F. The number of hydrogen-bond acceptors (Lipinski definition) is 4. The van der Waals surface area contributed by atoms with Crippen molar-refractivity contribution in [3.8, 4) is 0 Å². The Morgan fingerprint density at radius 3 is 2.52 bits per heavy atom. The number of hydrazone groups is 1. The van der Waals surface area contributed by atoms with Gasteiger partial charge in [-0.3, -0.25) is 0 Å². The summed E-state index contributed by atoms with van der Waals surface area (Å²) in [5.74, 6) is -1.21. The number of fused-ring (bicyclic) bond motifs is 1. The Hall–Kier alpha value is -1.31. The molecule has 0 unspecified atom stereocenters. The standard InChI is InChI=1S/C13H19F3N2O3/c1-11(2,3)21-10(19)18-12(20,13(14,15)16)8-6-4-5-7-9(8)17-18/h8,20H,4-7H2,1-3H3/t8-,12-/m1/s1. The molecule has 21 heavy (non-hydrogen) atoms. The molecule has 2 aliphatic rings. The normalized spacial score (nSPS) is 30.0. The zero-order valence-corrected chi connectivity index (χ0v) is 12.2. The minimum atomic E-state index is -5.00. The van der Waals surface area contributed by atoms with Crippen molar-refractivity contribution in [2.75, 3.05) is 0 Å². The van der Waals surface area contributed by atoms with Crippen molar-refractivity contribution >= 4 is 11.8 Å². The van der Waals surface area contributed by atoms with Crippen LogP contribution in [0.2, 0.25) is 0 Å². The lowest BCUT2D eigenvalue weighted by Crippen LogP contribution is -2.61. The maximum Gasteiger partial charge on any atom is 0.439 e. The third-order valence-electron chi connectivity index (χ3n) is 3.60. The topological polar surface area (TPSA) is 62.1 Å². The van der Waals surface area contributed by atoms with Crippen LogP contribution in [0.15, 0.2) is 5.10 Å². The highest BCUT2D eigenvalue weighted by atomic mass is 19.4. The van der Waals surface area contributed by atoms with Crippen LogP contribution in [0.25, 0.3) is 0 Å². The summed E-state index contributed by atoms with van der Waals surface area (Å²) in [4.78, 5) is 12.0. The first-order valence-electron chi connectivity index (χ1n) is 6.86. The average Bonchev–Trinajstić information content (AvgIpc) is 2.62.